The van der Waals surface area contributed by atoms with Crippen molar-refractivity contribution in [2.45, 2.75) is 44.4 Å². The van der Waals surface area contributed by atoms with Crippen LogP contribution in [0.5, 0.6) is 0 Å². The number of hydrogen-bond acceptors (Lipinski definition) is 4. The van der Waals surface area contributed by atoms with Gasteiger partial charge in [0, 0.05) is 37.7 Å². The Morgan fingerprint density at radius 2 is 1.88 bits per heavy atom. The number of anilines is 1. The summed E-state index contributed by atoms with van der Waals surface area (Å²) in [5.74, 6) is 0.0467. The second kappa shape index (κ2) is 7.43. The van der Waals surface area contributed by atoms with Crippen molar-refractivity contribution in [1.29, 1.82) is 0 Å². The normalized spacial score (nSPS) is 17.0. The van der Waals surface area contributed by atoms with Crippen LogP contribution in [0.2, 0.25) is 0 Å². The first-order valence-electron chi connectivity index (χ1n) is 8.75. The number of sulfonamides is 1. The third-order valence-electron chi connectivity index (χ3n) is 4.95. The van der Waals surface area contributed by atoms with Crippen molar-refractivity contribution in [2.24, 2.45) is 0 Å². The number of nitrogens with zero attached hydrogens (tertiary/aromatic N) is 2. The van der Waals surface area contributed by atoms with Gasteiger partial charge in [0.2, 0.25) is 15.9 Å². The number of amides is 1. The SMILES string of the molecule is CCN(CC)CCNS(=O)(=O)c1ccc2c(c1)C(C)(C)CC(=O)N2C. The molecule has 0 fully saturated rings. The maximum Gasteiger partial charge on any atom is 0.240 e. The second-order valence-electron chi connectivity index (χ2n) is 7.12. The molecule has 1 amide bonds. The van der Waals surface area contributed by atoms with Crippen LogP contribution in [0.3, 0.4) is 0 Å². The van der Waals surface area contributed by atoms with E-state index in [2.05, 4.69) is 23.5 Å². The first-order valence-corrected chi connectivity index (χ1v) is 10.2. The summed E-state index contributed by atoms with van der Waals surface area (Å²) >= 11 is 0. The van der Waals surface area contributed by atoms with Gasteiger partial charge in [-0.1, -0.05) is 27.7 Å². The number of carbonyl (C=O) groups is 1. The Morgan fingerprint density at radius 3 is 2.48 bits per heavy atom. The van der Waals surface area contributed by atoms with Gasteiger partial charge in [-0.25, -0.2) is 13.1 Å². The Labute approximate surface area is 151 Å². The Morgan fingerprint density at radius 1 is 1.24 bits per heavy atom. The number of likely N-dealkylation sites (N-methyl/N-ethyl adjacent to an activating group) is 1. The predicted molar refractivity (Wildman–Crippen MR) is 100 cm³/mol. The second-order valence-corrected chi connectivity index (χ2v) is 8.88. The summed E-state index contributed by atoms with van der Waals surface area (Å²) < 4.78 is 27.9. The third kappa shape index (κ3) is 4.22. The molecule has 1 heterocycles. The van der Waals surface area contributed by atoms with Crippen LogP contribution in [0.25, 0.3) is 0 Å². The molecule has 1 aliphatic rings. The van der Waals surface area contributed by atoms with Gasteiger partial charge in [0.15, 0.2) is 0 Å². The minimum Gasteiger partial charge on any atom is -0.315 e. The van der Waals surface area contributed by atoms with E-state index in [4.69, 9.17) is 0 Å². The van der Waals surface area contributed by atoms with E-state index in [-0.39, 0.29) is 16.2 Å². The molecule has 140 valence electrons. The van der Waals surface area contributed by atoms with E-state index in [1.165, 1.54) is 0 Å². The first kappa shape index (κ1) is 19.9. The molecule has 0 saturated heterocycles. The van der Waals surface area contributed by atoms with Crippen LogP contribution >= 0.6 is 0 Å². The van der Waals surface area contributed by atoms with Crippen molar-refractivity contribution in [3.8, 4) is 0 Å². The molecule has 0 bridgehead atoms. The van der Waals surface area contributed by atoms with E-state index in [0.29, 0.717) is 19.5 Å². The standard InChI is InChI=1S/C18H29N3O3S/c1-6-21(7-2)11-10-19-25(23,24)14-8-9-16-15(12-14)18(3,4)13-17(22)20(16)5/h8-9,12,19H,6-7,10-11,13H2,1-5H3. The molecule has 0 unspecified atom stereocenters. The molecule has 0 spiro atoms. The molecule has 0 atom stereocenters. The Hall–Kier alpha value is -1.44. The van der Waals surface area contributed by atoms with Crippen LogP contribution in [0.4, 0.5) is 5.69 Å². The number of benzene rings is 1. The van der Waals surface area contributed by atoms with Crippen LogP contribution in [0.1, 0.15) is 39.7 Å². The zero-order chi connectivity index (χ0) is 18.8. The number of fused-ring (bicyclic) bond motifs is 1. The van der Waals surface area contributed by atoms with Crippen molar-refractivity contribution in [1.82, 2.24) is 9.62 Å². The average Bonchev–Trinajstić information content (AvgIpc) is 2.56. The summed E-state index contributed by atoms with van der Waals surface area (Å²) in [5, 5.41) is 0. The lowest BCUT2D eigenvalue weighted by Gasteiger charge is -2.37. The van der Waals surface area contributed by atoms with Gasteiger partial charge in [-0.2, -0.15) is 0 Å². The molecule has 0 aromatic heterocycles. The summed E-state index contributed by atoms with van der Waals surface area (Å²) in [7, 11) is -1.84. The zero-order valence-electron chi connectivity index (χ0n) is 15.8. The molecule has 1 aromatic carbocycles. The highest BCUT2D eigenvalue weighted by atomic mass is 32.2. The molecular weight excluding hydrogens is 338 g/mol. The predicted octanol–water partition coefficient (Wildman–Crippen LogP) is 1.95. The van der Waals surface area contributed by atoms with Crippen molar-refractivity contribution in [3.05, 3.63) is 23.8 Å². The maximum absolute atomic E-state index is 12.6. The van der Waals surface area contributed by atoms with Gasteiger partial charge in [-0.05, 0) is 36.9 Å². The van der Waals surface area contributed by atoms with Crippen LogP contribution in [0, 0.1) is 0 Å². The van der Waals surface area contributed by atoms with E-state index in [1.54, 1.807) is 30.1 Å². The van der Waals surface area contributed by atoms with Crippen molar-refractivity contribution in [2.75, 3.05) is 38.1 Å². The fraction of sp³-hybridized carbons (Fsp3) is 0.611. The van der Waals surface area contributed by atoms with Crippen molar-refractivity contribution in [3.63, 3.8) is 0 Å². The van der Waals surface area contributed by atoms with Gasteiger partial charge in [0.25, 0.3) is 0 Å². The van der Waals surface area contributed by atoms with E-state index >= 15 is 0 Å². The third-order valence-corrected chi connectivity index (χ3v) is 6.41. The Bertz CT molecular complexity index is 740. The number of carbonyl (C=O) groups excluding carboxylic acids is 1. The highest BCUT2D eigenvalue weighted by Gasteiger charge is 2.36. The number of rotatable bonds is 7. The van der Waals surface area contributed by atoms with Gasteiger partial charge < -0.3 is 9.80 Å². The van der Waals surface area contributed by atoms with E-state index in [0.717, 1.165) is 24.3 Å². The Balaban J connectivity index is 2.24. The molecule has 1 aliphatic heterocycles. The number of hydrogen-bond donors (Lipinski definition) is 1. The summed E-state index contributed by atoms with van der Waals surface area (Å²) in [6.07, 6.45) is 0.370. The molecule has 1 N–H and O–H groups in total. The molecular formula is C18H29N3O3S. The lowest BCUT2D eigenvalue weighted by atomic mass is 9.77. The topological polar surface area (TPSA) is 69.7 Å². The van der Waals surface area contributed by atoms with Crippen molar-refractivity contribution >= 4 is 21.6 Å². The van der Waals surface area contributed by atoms with E-state index in [1.807, 2.05) is 13.8 Å². The average molecular weight is 368 g/mol. The molecule has 0 saturated carbocycles. The van der Waals surface area contributed by atoms with Crippen LogP contribution in [-0.4, -0.2) is 52.5 Å². The summed E-state index contributed by atoms with van der Waals surface area (Å²) in [5.41, 5.74) is 1.29. The molecule has 25 heavy (non-hydrogen) atoms. The summed E-state index contributed by atoms with van der Waals surface area (Å²) in [4.78, 5) is 16.1. The maximum atomic E-state index is 12.6. The fourth-order valence-electron chi connectivity index (χ4n) is 3.20. The number of nitrogens with one attached hydrogen (secondary N) is 1. The highest BCUT2D eigenvalue weighted by molar-refractivity contribution is 7.89. The lowest BCUT2D eigenvalue weighted by Crippen LogP contribution is -2.40. The van der Waals surface area contributed by atoms with E-state index in [9.17, 15) is 13.2 Å². The minimum atomic E-state index is -3.57. The lowest BCUT2D eigenvalue weighted by molar-refractivity contribution is -0.119. The minimum absolute atomic E-state index is 0.0467. The van der Waals surface area contributed by atoms with Gasteiger partial charge in [-0.3, -0.25) is 4.79 Å². The van der Waals surface area contributed by atoms with Crippen LogP contribution in [0.15, 0.2) is 23.1 Å². The monoisotopic (exact) mass is 367 g/mol. The largest absolute Gasteiger partial charge is 0.315 e. The summed E-state index contributed by atoms with van der Waals surface area (Å²) in [6, 6.07) is 5.01. The van der Waals surface area contributed by atoms with E-state index < -0.39 is 10.0 Å². The molecule has 0 aliphatic carbocycles. The molecule has 2 rings (SSSR count). The van der Waals surface area contributed by atoms with Gasteiger partial charge >= 0.3 is 0 Å². The summed E-state index contributed by atoms with van der Waals surface area (Å²) in [6.45, 7) is 10.9. The van der Waals surface area contributed by atoms with Gasteiger partial charge in [-0.15, -0.1) is 0 Å². The Kier molecular flexibility index (Phi) is 5.91. The smallest absolute Gasteiger partial charge is 0.240 e. The van der Waals surface area contributed by atoms with Gasteiger partial charge in [0.05, 0.1) is 4.90 Å². The van der Waals surface area contributed by atoms with Gasteiger partial charge in [0.1, 0.15) is 0 Å². The van der Waals surface area contributed by atoms with Crippen molar-refractivity contribution < 1.29 is 13.2 Å². The quantitative estimate of drug-likeness (QED) is 0.800. The van der Waals surface area contributed by atoms with Crippen LogP contribution < -0.4 is 9.62 Å². The molecule has 0 radical (unpaired) electrons. The first-order chi connectivity index (χ1) is 11.6. The molecule has 7 heteroatoms. The molecule has 6 nitrogen and oxygen atoms in total. The highest BCUT2D eigenvalue weighted by Crippen LogP contribution is 2.40. The van der Waals surface area contributed by atoms with Crippen LogP contribution in [-0.2, 0) is 20.2 Å². The molecule has 1 aromatic rings. The zero-order valence-corrected chi connectivity index (χ0v) is 16.6. The fourth-order valence-corrected chi connectivity index (χ4v) is 4.25.